The van der Waals surface area contributed by atoms with Gasteiger partial charge >= 0.3 is 0 Å². The molecular formula is C12H23N5. The van der Waals surface area contributed by atoms with Crippen LogP contribution in [0.5, 0.6) is 0 Å². The Morgan fingerprint density at radius 3 is 2.53 bits per heavy atom. The fourth-order valence-corrected chi connectivity index (χ4v) is 1.41. The van der Waals surface area contributed by atoms with Crippen LogP contribution in [0.15, 0.2) is 6.07 Å². The monoisotopic (exact) mass is 237 g/mol. The van der Waals surface area contributed by atoms with Crippen LogP contribution in [-0.2, 0) is 0 Å². The van der Waals surface area contributed by atoms with Gasteiger partial charge in [-0.05, 0) is 20.3 Å². The minimum atomic E-state index is 0.113. The van der Waals surface area contributed by atoms with Crippen molar-refractivity contribution in [3.63, 3.8) is 0 Å². The first-order chi connectivity index (χ1) is 8.11. The second-order valence-electron chi connectivity index (χ2n) is 4.32. The third-order valence-corrected chi connectivity index (χ3v) is 2.28. The van der Waals surface area contributed by atoms with Gasteiger partial charge in [0.2, 0.25) is 0 Å². The second-order valence-corrected chi connectivity index (χ2v) is 4.32. The number of nitrogens with one attached hydrogen (secondary N) is 2. The van der Waals surface area contributed by atoms with Crippen molar-refractivity contribution in [3.05, 3.63) is 11.9 Å². The minimum Gasteiger partial charge on any atom is -0.370 e. The molecule has 1 rings (SSSR count). The molecule has 0 radical (unpaired) electrons. The predicted molar refractivity (Wildman–Crippen MR) is 72.3 cm³/mol. The van der Waals surface area contributed by atoms with Crippen LogP contribution in [0.3, 0.4) is 0 Å². The Labute approximate surface area is 103 Å². The summed E-state index contributed by atoms with van der Waals surface area (Å²) in [4.78, 5) is 8.66. The average molecular weight is 237 g/mol. The van der Waals surface area contributed by atoms with Crippen molar-refractivity contribution < 1.29 is 0 Å². The number of unbranched alkanes of at least 4 members (excludes halogenated alkanes) is 1. The highest BCUT2D eigenvalue weighted by atomic mass is 15.1. The van der Waals surface area contributed by atoms with Gasteiger partial charge in [-0.2, -0.15) is 0 Å². The van der Waals surface area contributed by atoms with Crippen LogP contribution in [-0.4, -0.2) is 29.1 Å². The fourth-order valence-electron chi connectivity index (χ4n) is 1.41. The summed E-state index contributed by atoms with van der Waals surface area (Å²) in [5, 5.41) is 6.49. The van der Waals surface area contributed by atoms with E-state index in [0.29, 0.717) is 6.54 Å². The minimum absolute atomic E-state index is 0.113. The summed E-state index contributed by atoms with van der Waals surface area (Å²) in [7, 11) is 0. The lowest BCUT2D eigenvalue weighted by Gasteiger charge is -2.11. The molecular weight excluding hydrogens is 214 g/mol. The molecule has 0 aliphatic carbocycles. The van der Waals surface area contributed by atoms with Gasteiger partial charge in [-0.1, -0.05) is 13.3 Å². The van der Waals surface area contributed by atoms with Crippen LogP contribution in [0.1, 0.15) is 32.5 Å². The molecule has 5 nitrogen and oxygen atoms in total. The smallest absolute Gasteiger partial charge is 0.131 e. The molecule has 0 bridgehead atoms. The molecule has 0 amide bonds. The summed E-state index contributed by atoms with van der Waals surface area (Å²) in [6.45, 7) is 7.68. The van der Waals surface area contributed by atoms with Gasteiger partial charge in [-0.25, -0.2) is 9.97 Å². The molecule has 1 heterocycles. The standard InChI is InChI=1S/C12H23N5/c1-4-5-6-14-11-7-12(15-8-9(2)13)17-10(3)16-11/h7,9H,4-6,8,13H2,1-3H3,(H2,14,15,16,17). The molecule has 0 aliphatic rings. The summed E-state index contributed by atoms with van der Waals surface area (Å²) >= 11 is 0. The van der Waals surface area contributed by atoms with E-state index >= 15 is 0 Å². The van der Waals surface area contributed by atoms with E-state index in [1.165, 1.54) is 6.42 Å². The highest BCUT2D eigenvalue weighted by Gasteiger charge is 2.02. The van der Waals surface area contributed by atoms with Crippen molar-refractivity contribution >= 4 is 11.6 Å². The van der Waals surface area contributed by atoms with E-state index in [-0.39, 0.29) is 6.04 Å². The van der Waals surface area contributed by atoms with Crippen molar-refractivity contribution in [1.82, 2.24) is 9.97 Å². The lowest BCUT2D eigenvalue weighted by molar-refractivity contribution is 0.775. The molecule has 1 aromatic heterocycles. The van der Waals surface area contributed by atoms with Gasteiger partial charge in [-0.3, -0.25) is 0 Å². The summed E-state index contributed by atoms with van der Waals surface area (Å²) in [6, 6.07) is 2.03. The number of hydrogen-bond acceptors (Lipinski definition) is 5. The van der Waals surface area contributed by atoms with Crippen LogP contribution >= 0.6 is 0 Å². The Bertz CT molecular complexity index is 338. The van der Waals surface area contributed by atoms with Gasteiger partial charge in [0.05, 0.1) is 0 Å². The molecule has 0 spiro atoms. The molecule has 0 saturated heterocycles. The third-order valence-electron chi connectivity index (χ3n) is 2.28. The normalized spacial score (nSPS) is 12.2. The average Bonchev–Trinajstić information content (AvgIpc) is 2.26. The Morgan fingerprint density at radius 1 is 1.29 bits per heavy atom. The van der Waals surface area contributed by atoms with Crippen LogP contribution < -0.4 is 16.4 Å². The maximum Gasteiger partial charge on any atom is 0.131 e. The maximum atomic E-state index is 5.69. The molecule has 1 unspecified atom stereocenters. The zero-order valence-corrected chi connectivity index (χ0v) is 11.0. The van der Waals surface area contributed by atoms with E-state index in [1.807, 2.05) is 19.9 Å². The largest absolute Gasteiger partial charge is 0.370 e. The van der Waals surface area contributed by atoms with Gasteiger partial charge in [0.1, 0.15) is 17.5 Å². The molecule has 0 aromatic carbocycles. The van der Waals surface area contributed by atoms with Crippen molar-refractivity contribution in [2.24, 2.45) is 5.73 Å². The van der Waals surface area contributed by atoms with Crippen LogP contribution in [0, 0.1) is 6.92 Å². The van der Waals surface area contributed by atoms with E-state index < -0.39 is 0 Å². The molecule has 0 aliphatic heterocycles. The van der Waals surface area contributed by atoms with Gasteiger partial charge in [0.25, 0.3) is 0 Å². The van der Waals surface area contributed by atoms with Crippen LogP contribution in [0.25, 0.3) is 0 Å². The van der Waals surface area contributed by atoms with Gasteiger partial charge < -0.3 is 16.4 Å². The van der Waals surface area contributed by atoms with E-state index in [9.17, 15) is 0 Å². The predicted octanol–water partition coefficient (Wildman–Crippen LogP) is 1.76. The van der Waals surface area contributed by atoms with Crippen molar-refractivity contribution in [2.75, 3.05) is 23.7 Å². The van der Waals surface area contributed by atoms with E-state index in [2.05, 4.69) is 27.5 Å². The molecule has 5 heteroatoms. The highest BCUT2D eigenvalue weighted by molar-refractivity contribution is 5.47. The molecule has 96 valence electrons. The van der Waals surface area contributed by atoms with Crippen molar-refractivity contribution in [3.8, 4) is 0 Å². The molecule has 1 atom stereocenters. The van der Waals surface area contributed by atoms with Gasteiger partial charge in [-0.15, -0.1) is 0 Å². The number of aryl methyl sites for hydroxylation is 1. The second kappa shape index (κ2) is 7.06. The maximum absolute atomic E-state index is 5.69. The quantitative estimate of drug-likeness (QED) is 0.630. The van der Waals surface area contributed by atoms with Crippen LogP contribution in [0.4, 0.5) is 11.6 Å². The van der Waals surface area contributed by atoms with Gasteiger partial charge in [0.15, 0.2) is 0 Å². The van der Waals surface area contributed by atoms with E-state index in [4.69, 9.17) is 5.73 Å². The summed E-state index contributed by atoms with van der Waals surface area (Å²) in [5.74, 6) is 2.46. The van der Waals surface area contributed by atoms with Gasteiger partial charge in [0, 0.05) is 25.2 Å². The van der Waals surface area contributed by atoms with Crippen LogP contribution in [0.2, 0.25) is 0 Å². The molecule has 0 fully saturated rings. The van der Waals surface area contributed by atoms with Crippen molar-refractivity contribution in [2.45, 2.75) is 39.7 Å². The Hall–Kier alpha value is -1.36. The first-order valence-electron chi connectivity index (χ1n) is 6.20. The Balaban J connectivity index is 2.59. The Kier molecular flexibility index (Phi) is 5.69. The topological polar surface area (TPSA) is 75.9 Å². The van der Waals surface area contributed by atoms with Crippen molar-refractivity contribution in [1.29, 1.82) is 0 Å². The summed E-state index contributed by atoms with van der Waals surface area (Å²) in [6.07, 6.45) is 2.32. The zero-order valence-electron chi connectivity index (χ0n) is 11.0. The lowest BCUT2D eigenvalue weighted by atomic mass is 10.3. The molecule has 4 N–H and O–H groups in total. The molecule has 17 heavy (non-hydrogen) atoms. The summed E-state index contributed by atoms with van der Waals surface area (Å²) in [5.41, 5.74) is 5.69. The van der Waals surface area contributed by atoms with E-state index in [1.54, 1.807) is 0 Å². The number of nitrogens with two attached hydrogens (primary N) is 1. The number of rotatable bonds is 7. The lowest BCUT2D eigenvalue weighted by Crippen LogP contribution is -2.25. The number of hydrogen-bond donors (Lipinski definition) is 3. The number of anilines is 2. The Morgan fingerprint density at radius 2 is 1.94 bits per heavy atom. The SMILES string of the molecule is CCCCNc1cc(NCC(C)N)nc(C)n1. The molecule has 0 saturated carbocycles. The number of aromatic nitrogens is 2. The first kappa shape index (κ1) is 13.7. The number of nitrogens with zero attached hydrogens (tertiary/aromatic N) is 2. The van der Waals surface area contributed by atoms with E-state index in [0.717, 1.165) is 30.4 Å². The first-order valence-corrected chi connectivity index (χ1v) is 6.20. The highest BCUT2D eigenvalue weighted by Crippen LogP contribution is 2.11. The molecule has 1 aromatic rings. The fraction of sp³-hybridized carbons (Fsp3) is 0.667. The summed E-state index contributed by atoms with van der Waals surface area (Å²) < 4.78 is 0. The zero-order chi connectivity index (χ0) is 12.7. The third kappa shape index (κ3) is 5.49.